The lowest BCUT2D eigenvalue weighted by molar-refractivity contribution is -0.131. The molecule has 0 aliphatic rings. The summed E-state index contributed by atoms with van der Waals surface area (Å²) in [6, 6.07) is 7.57. The van der Waals surface area contributed by atoms with E-state index in [1.165, 1.54) is 14.2 Å². The summed E-state index contributed by atoms with van der Waals surface area (Å²) < 4.78 is 10.2. The molecule has 0 spiro atoms. The van der Waals surface area contributed by atoms with Crippen LogP contribution in [0.3, 0.4) is 0 Å². The molecule has 0 aromatic heterocycles. The molecule has 0 atom stereocenters. The van der Waals surface area contributed by atoms with E-state index < -0.39 is 5.78 Å². The number of hydrogen-bond donors (Lipinski definition) is 3. The molecule has 2 aromatic carbocycles. The van der Waals surface area contributed by atoms with E-state index in [9.17, 15) is 19.8 Å². The van der Waals surface area contributed by atoms with Gasteiger partial charge in [0.25, 0.3) is 0 Å². The van der Waals surface area contributed by atoms with Crippen molar-refractivity contribution in [1.82, 2.24) is 4.90 Å². The highest BCUT2D eigenvalue weighted by Gasteiger charge is 2.26. The number of nitrogens with zero attached hydrogens (tertiary/aromatic N) is 1. The molecule has 0 aliphatic carbocycles. The van der Waals surface area contributed by atoms with Gasteiger partial charge in [-0.15, -0.1) is 0 Å². The highest BCUT2D eigenvalue weighted by Crippen LogP contribution is 2.35. The zero-order valence-electron chi connectivity index (χ0n) is 18.8. The van der Waals surface area contributed by atoms with Crippen LogP contribution < -0.4 is 4.74 Å². The second-order valence-electron chi connectivity index (χ2n) is 7.29. The number of methoxy groups -OCH3 is 2. The molecule has 174 valence electrons. The van der Waals surface area contributed by atoms with Crippen molar-refractivity contribution < 1.29 is 34.4 Å². The lowest BCUT2D eigenvalue weighted by Crippen LogP contribution is -2.36. The summed E-state index contributed by atoms with van der Waals surface area (Å²) in [6.07, 6.45) is 0.586. The number of aromatic hydroxyl groups is 2. The van der Waals surface area contributed by atoms with Gasteiger partial charge in [0.2, 0.25) is 5.91 Å². The van der Waals surface area contributed by atoms with Gasteiger partial charge < -0.3 is 29.7 Å². The molecule has 0 bridgehead atoms. The van der Waals surface area contributed by atoms with Crippen molar-refractivity contribution in [2.24, 2.45) is 0 Å². The predicted molar refractivity (Wildman–Crippen MR) is 119 cm³/mol. The van der Waals surface area contributed by atoms with Gasteiger partial charge in [-0.05, 0) is 48.2 Å². The molecule has 0 radical (unpaired) electrons. The van der Waals surface area contributed by atoms with Gasteiger partial charge in [-0.25, -0.2) is 0 Å². The number of amides is 1. The van der Waals surface area contributed by atoms with Gasteiger partial charge in [0, 0.05) is 38.4 Å². The number of hydrogen-bond acceptors (Lipinski definition) is 7. The lowest BCUT2D eigenvalue weighted by Gasteiger charge is -2.24. The van der Waals surface area contributed by atoms with Crippen LogP contribution in [-0.4, -0.2) is 72.4 Å². The molecule has 1 amide bonds. The average Bonchev–Trinajstić information content (AvgIpc) is 2.79. The number of phenolic OH excluding ortho intramolecular Hbond substituents is 2. The molecule has 0 aliphatic heterocycles. The Morgan fingerprint density at radius 2 is 1.69 bits per heavy atom. The Morgan fingerprint density at radius 1 is 1.00 bits per heavy atom. The Morgan fingerprint density at radius 3 is 2.25 bits per heavy atom. The summed E-state index contributed by atoms with van der Waals surface area (Å²) in [6.45, 7) is 2.71. The van der Waals surface area contributed by atoms with Crippen molar-refractivity contribution in [2.75, 3.05) is 40.5 Å². The summed E-state index contributed by atoms with van der Waals surface area (Å²) in [5.74, 6) is -0.723. The first-order chi connectivity index (χ1) is 15.4. The second kappa shape index (κ2) is 12.1. The molecular weight excluding hydrogens is 414 g/mol. The zero-order chi connectivity index (χ0) is 23.7. The molecule has 2 aromatic rings. The third kappa shape index (κ3) is 5.99. The Labute approximate surface area is 188 Å². The fourth-order valence-corrected chi connectivity index (χ4v) is 3.57. The van der Waals surface area contributed by atoms with Crippen molar-refractivity contribution in [2.45, 2.75) is 26.2 Å². The molecular formula is C24H31NO7. The standard InChI is InChI=1S/C24H31NO7/c1-4-18-19(14-22(29)25(10-5-12-26)11-13-31-2)23(21(28)15-20(18)27)24(30)16-6-8-17(32-3)9-7-16/h6-9,15,26-28H,4-5,10-14H2,1-3H3. The van der Waals surface area contributed by atoms with Gasteiger partial charge in [-0.3, -0.25) is 9.59 Å². The number of benzene rings is 2. The normalized spacial score (nSPS) is 10.8. The molecule has 2 rings (SSSR count). The fraction of sp³-hybridized carbons (Fsp3) is 0.417. The largest absolute Gasteiger partial charge is 0.508 e. The van der Waals surface area contributed by atoms with E-state index in [1.807, 2.05) is 0 Å². The Hall–Kier alpha value is -3.10. The van der Waals surface area contributed by atoms with Crippen LogP contribution in [0.15, 0.2) is 30.3 Å². The second-order valence-corrected chi connectivity index (χ2v) is 7.29. The number of ether oxygens (including phenoxy) is 2. The van der Waals surface area contributed by atoms with Crippen LogP contribution in [0.1, 0.15) is 40.4 Å². The zero-order valence-corrected chi connectivity index (χ0v) is 18.8. The molecule has 0 saturated carbocycles. The van der Waals surface area contributed by atoms with Crippen LogP contribution in [0.2, 0.25) is 0 Å². The number of phenols is 2. The number of carbonyl (C=O) groups is 2. The van der Waals surface area contributed by atoms with Gasteiger partial charge in [0.15, 0.2) is 5.78 Å². The molecule has 0 unspecified atom stereocenters. The van der Waals surface area contributed by atoms with Gasteiger partial charge >= 0.3 is 0 Å². The minimum atomic E-state index is -0.457. The Kier molecular flexibility index (Phi) is 9.49. The number of aliphatic hydroxyl groups excluding tert-OH is 1. The highest BCUT2D eigenvalue weighted by atomic mass is 16.5. The molecule has 0 fully saturated rings. The maximum Gasteiger partial charge on any atom is 0.227 e. The first-order valence-corrected chi connectivity index (χ1v) is 10.5. The van der Waals surface area contributed by atoms with Crippen LogP contribution in [-0.2, 0) is 22.4 Å². The monoisotopic (exact) mass is 445 g/mol. The van der Waals surface area contributed by atoms with E-state index in [1.54, 1.807) is 36.1 Å². The minimum Gasteiger partial charge on any atom is -0.508 e. The number of carbonyl (C=O) groups excluding carboxylic acids is 2. The van der Waals surface area contributed by atoms with E-state index in [0.29, 0.717) is 55.0 Å². The SMILES string of the molecule is CCc1c(O)cc(O)c(C(=O)c2ccc(OC)cc2)c1CC(=O)N(CCCO)CCOC. The third-order valence-electron chi connectivity index (χ3n) is 5.27. The smallest absolute Gasteiger partial charge is 0.227 e. The Balaban J connectivity index is 2.49. The molecule has 32 heavy (non-hydrogen) atoms. The van der Waals surface area contributed by atoms with E-state index in [-0.39, 0.29) is 36.0 Å². The van der Waals surface area contributed by atoms with E-state index in [4.69, 9.17) is 14.6 Å². The maximum atomic E-state index is 13.3. The number of ketones is 1. The van der Waals surface area contributed by atoms with Crippen LogP contribution in [0.4, 0.5) is 0 Å². The number of rotatable bonds is 12. The maximum absolute atomic E-state index is 13.3. The topological polar surface area (TPSA) is 117 Å². The predicted octanol–water partition coefficient (Wildman–Crippen LogP) is 2.30. The van der Waals surface area contributed by atoms with E-state index >= 15 is 0 Å². The van der Waals surface area contributed by atoms with Gasteiger partial charge in [0.1, 0.15) is 17.2 Å². The summed E-state index contributed by atoms with van der Waals surface area (Å²) in [5.41, 5.74) is 1.04. The lowest BCUT2D eigenvalue weighted by atomic mass is 9.89. The third-order valence-corrected chi connectivity index (χ3v) is 5.27. The molecule has 8 heteroatoms. The first kappa shape index (κ1) is 25.2. The molecule has 0 heterocycles. The number of aliphatic hydroxyl groups is 1. The fourth-order valence-electron chi connectivity index (χ4n) is 3.57. The van der Waals surface area contributed by atoms with Crippen LogP contribution >= 0.6 is 0 Å². The molecule has 3 N–H and O–H groups in total. The van der Waals surface area contributed by atoms with Gasteiger partial charge in [-0.1, -0.05) is 6.92 Å². The minimum absolute atomic E-state index is 0.00739. The summed E-state index contributed by atoms with van der Waals surface area (Å²) in [5, 5.41) is 30.1. The summed E-state index contributed by atoms with van der Waals surface area (Å²) >= 11 is 0. The van der Waals surface area contributed by atoms with E-state index in [2.05, 4.69) is 0 Å². The Bertz CT molecular complexity index is 917. The van der Waals surface area contributed by atoms with Crippen molar-refractivity contribution in [1.29, 1.82) is 0 Å². The van der Waals surface area contributed by atoms with Gasteiger partial charge in [0.05, 0.1) is 25.7 Å². The van der Waals surface area contributed by atoms with Gasteiger partial charge in [-0.2, -0.15) is 0 Å². The van der Waals surface area contributed by atoms with Crippen LogP contribution in [0.25, 0.3) is 0 Å². The van der Waals surface area contributed by atoms with Crippen LogP contribution in [0, 0.1) is 0 Å². The summed E-state index contributed by atoms with van der Waals surface area (Å²) in [7, 11) is 3.05. The first-order valence-electron chi connectivity index (χ1n) is 10.5. The average molecular weight is 446 g/mol. The molecule has 8 nitrogen and oxygen atoms in total. The van der Waals surface area contributed by atoms with Crippen molar-refractivity contribution in [3.8, 4) is 17.2 Å². The van der Waals surface area contributed by atoms with E-state index in [0.717, 1.165) is 6.07 Å². The quantitative estimate of drug-likeness (QED) is 0.429. The van der Waals surface area contributed by atoms with Crippen molar-refractivity contribution in [3.63, 3.8) is 0 Å². The highest BCUT2D eigenvalue weighted by molar-refractivity contribution is 6.12. The van der Waals surface area contributed by atoms with Crippen molar-refractivity contribution in [3.05, 3.63) is 52.6 Å². The van der Waals surface area contributed by atoms with Crippen LogP contribution in [0.5, 0.6) is 17.2 Å². The summed E-state index contributed by atoms with van der Waals surface area (Å²) in [4.78, 5) is 28.0. The molecule has 0 saturated heterocycles. The van der Waals surface area contributed by atoms with Crippen molar-refractivity contribution >= 4 is 11.7 Å².